The molecular weight excluding hydrogens is 224 g/mol. The van der Waals surface area contributed by atoms with Gasteiger partial charge in [-0.2, -0.15) is 12.6 Å². The van der Waals surface area contributed by atoms with Gasteiger partial charge in [-0.05, 0) is 19.3 Å². The Bertz CT molecular complexity index is 306. The predicted molar refractivity (Wildman–Crippen MR) is 66.1 cm³/mol. The van der Waals surface area contributed by atoms with Crippen LogP contribution in [0.1, 0.15) is 27.2 Å². The van der Waals surface area contributed by atoms with E-state index in [-0.39, 0.29) is 23.0 Å². The van der Waals surface area contributed by atoms with Crippen LogP contribution in [-0.2, 0) is 9.59 Å². The number of carbonyl (C=O) groups excluding carboxylic acids is 2. The van der Waals surface area contributed by atoms with Crippen LogP contribution in [0.2, 0.25) is 0 Å². The first kappa shape index (κ1) is 13.4. The van der Waals surface area contributed by atoms with Gasteiger partial charge in [-0.1, -0.05) is 13.8 Å². The van der Waals surface area contributed by atoms with Crippen LogP contribution in [0.25, 0.3) is 0 Å². The Balaban J connectivity index is 2.67. The molecule has 0 bridgehead atoms. The molecule has 4 nitrogen and oxygen atoms in total. The lowest BCUT2D eigenvalue weighted by molar-refractivity contribution is -0.131. The number of primary amides is 1. The van der Waals surface area contributed by atoms with Crippen molar-refractivity contribution in [3.8, 4) is 0 Å². The molecule has 0 saturated carbocycles. The van der Waals surface area contributed by atoms with Crippen LogP contribution in [0.4, 0.5) is 0 Å². The summed E-state index contributed by atoms with van der Waals surface area (Å²) < 4.78 is 0. The Morgan fingerprint density at radius 3 is 2.38 bits per heavy atom. The first-order valence-electron chi connectivity index (χ1n) is 5.55. The van der Waals surface area contributed by atoms with E-state index < -0.39 is 5.41 Å². The molecule has 0 aromatic rings. The number of amides is 2. The molecule has 0 aromatic carbocycles. The fourth-order valence-corrected chi connectivity index (χ4v) is 1.99. The molecule has 0 aliphatic carbocycles. The van der Waals surface area contributed by atoms with E-state index in [0.29, 0.717) is 19.5 Å². The topological polar surface area (TPSA) is 63.4 Å². The van der Waals surface area contributed by atoms with Crippen molar-refractivity contribution in [2.75, 3.05) is 13.1 Å². The van der Waals surface area contributed by atoms with E-state index in [2.05, 4.69) is 12.6 Å². The Labute approximate surface area is 102 Å². The molecule has 1 aliphatic heterocycles. The Morgan fingerprint density at radius 1 is 1.44 bits per heavy atom. The minimum Gasteiger partial charge on any atom is -0.369 e. The summed E-state index contributed by atoms with van der Waals surface area (Å²) in [4.78, 5) is 25.0. The summed E-state index contributed by atoms with van der Waals surface area (Å²) in [6.45, 7) is 6.75. The zero-order valence-electron chi connectivity index (χ0n) is 10.1. The predicted octanol–water partition coefficient (Wildman–Crippen LogP) is 0.665. The van der Waals surface area contributed by atoms with Gasteiger partial charge < -0.3 is 10.6 Å². The Hall–Kier alpha value is -0.710. The van der Waals surface area contributed by atoms with Crippen molar-refractivity contribution in [3.63, 3.8) is 0 Å². The summed E-state index contributed by atoms with van der Waals surface area (Å²) in [6, 6.07) is 0. The van der Waals surface area contributed by atoms with Crippen LogP contribution < -0.4 is 5.73 Å². The third-order valence-corrected chi connectivity index (χ3v) is 4.08. The summed E-state index contributed by atoms with van der Waals surface area (Å²) in [7, 11) is 0. The fourth-order valence-electron chi connectivity index (χ4n) is 1.82. The van der Waals surface area contributed by atoms with Crippen LogP contribution in [0.15, 0.2) is 0 Å². The van der Waals surface area contributed by atoms with Gasteiger partial charge in [0.25, 0.3) is 0 Å². The number of nitrogens with zero attached hydrogens (tertiary/aromatic N) is 1. The molecule has 16 heavy (non-hydrogen) atoms. The van der Waals surface area contributed by atoms with Crippen LogP contribution >= 0.6 is 12.6 Å². The second kappa shape index (κ2) is 4.65. The molecule has 0 aromatic heterocycles. The largest absolute Gasteiger partial charge is 0.369 e. The highest BCUT2D eigenvalue weighted by Gasteiger charge is 2.41. The first-order chi connectivity index (χ1) is 7.28. The highest BCUT2D eigenvalue weighted by atomic mass is 32.1. The van der Waals surface area contributed by atoms with Crippen molar-refractivity contribution in [1.29, 1.82) is 0 Å². The number of thiol groups is 1. The molecule has 1 aliphatic rings. The molecule has 92 valence electrons. The van der Waals surface area contributed by atoms with Gasteiger partial charge in [-0.15, -0.1) is 0 Å². The van der Waals surface area contributed by atoms with Crippen molar-refractivity contribution in [2.24, 2.45) is 17.1 Å². The van der Waals surface area contributed by atoms with Gasteiger partial charge in [0, 0.05) is 13.1 Å². The number of hydrogen-bond donors (Lipinski definition) is 2. The molecular formula is C11H20N2O2S. The minimum atomic E-state index is -0.569. The third kappa shape index (κ3) is 2.51. The summed E-state index contributed by atoms with van der Waals surface area (Å²) in [5.41, 5.74) is 4.76. The Morgan fingerprint density at radius 2 is 2.00 bits per heavy atom. The lowest BCUT2D eigenvalue weighted by Crippen LogP contribution is -2.41. The van der Waals surface area contributed by atoms with E-state index in [1.807, 2.05) is 20.8 Å². The van der Waals surface area contributed by atoms with Gasteiger partial charge in [-0.3, -0.25) is 9.59 Å². The molecule has 0 radical (unpaired) electrons. The van der Waals surface area contributed by atoms with Gasteiger partial charge in [-0.25, -0.2) is 0 Å². The number of hydrogen-bond acceptors (Lipinski definition) is 3. The third-order valence-electron chi connectivity index (χ3n) is 3.26. The van der Waals surface area contributed by atoms with Crippen LogP contribution in [0, 0.1) is 11.3 Å². The van der Waals surface area contributed by atoms with Gasteiger partial charge in [0.1, 0.15) is 0 Å². The number of carbonyl (C=O) groups is 2. The quantitative estimate of drug-likeness (QED) is 0.717. The second-order valence-electron chi connectivity index (χ2n) is 5.12. The lowest BCUT2D eigenvalue weighted by Gasteiger charge is -2.24. The zero-order valence-corrected chi connectivity index (χ0v) is 11.0. The molecule has 0 spiro atoms. The SMILES string of the molecule is CC(C)C(S)C(=O)N1CCC(C)(C(N)=O)C1. The van der Waals surface area contributed by atoms with Crippen molar-refractivity contribution < 1.29 is 9.59 Å². The molecule has 2 atom stereocenters. The van der Waals surface area contributed by atoms with E-state index in [9.17, 15) is 9.59 Å². The molecule has 1 rings (SSSR count). The average molecular weight is 244 g/mol. The molecule has 2 amide bonds. The van der Waals surface area contributed by atoms with Gasteiger partial charge >= 0.3 is 0 Å². The maximum absolute atomic E-state index is 12.0. The average Bonchev–Trinajstić information content (AvgIpc) is 2.60. The monoisotopic (exact) mass is 244 g/mol. The summed E-state index contributed by atoms with van der Waals surface area (Å²) in [6.07, 6.45) is 0.646. The van der Waals surface area contributed by atoms with E-state index in [4.69, 9.17) is 5.73 Å². The van der Waals surface area contributed by atoms with Gasteiger partial charge in [0.05, 0.1) is 10.7 Å². The number of rotatable bonds is 3. The van der Waals surface area contributed by atoms with E-state index in [0.717, 1.165) is 0 Å². The smallest absolute Gasteiger partial charge is 0.235 e. The minimum absolute atomic E-state index is 0.00306. The van der Waals surface area contributed by atoms with Gasteiger partial charge in [0.15, 0.2) is 0 Å². The van der Waals surface area contributed by atoms with Crippen molar-refractivity contribution >= 4 is 24.4 Å². The van der Waals surface area contributed by atoms with E-state index in [1.54, 1.807) is 4.90 Å². The molecule has 2 unspecified atom stereocenters. The molecule has 5 heteroatoms. The van der Waals surface area contributed by atoms with Crippen molar-refractivity contribution in [3.05, 3.63) is 0 Å². The normalized spacial score (nSPS) is 27.2. The highest BCUT2D eigenvalue weighted by molar-refractivity contribution is 7.81. The summed E-state index contributed by atoms with van der Waals surface area (Å²) >= 11 is 4.30. The number of nitrogens with two attached hydrogens (primary N) is 1. The van der Waals surface area contributed by atoms with E-state index in [1.165, 1.54) is 0 Å². The van der Waals surface area contributed by atoms with E-state index >= 15 is 0 Å². The Kier molecular flexibility index (Phi) is 3.88. The first-order valence-corrected chi connectivity index (χ1v) is 6.06. The molecule has 1 heterocycles. The summed E-state index contributed by atoms with van der Waals surface area (Å²) in [5.74, 6) is -0.136. The highest BCUT2D eigenvalue weighted by Crippen LogP contribution is 2.30. The summed E-state index contributed by atoms with van der Waals surface area (Å²) in [5, 5.41) is -0.296. The standard InChI is InChI=1S/C11H20N2O2S/c1-7(2)8(16)9(14)13-5-4-11(3,6-13)10(12)15/h7-8,16H,4-6H2,1-3H3,(H2,12,15). The molecule has 1 saturated heterocycles. The van der Waals surface area contributed by atoms with Crippen LogP contribution in [0.5, 0.6) is 0 Å². The maximum Gasteiger partial charge on any atom is 0.235 e. The fraction of sp³-hybridized carbons (Fsp3) is 0.818. The number of likely N-dealkylation sites (tertiary alicyclic amines) is 1. The van der Waals surface area contributed by atoms with Crippen LogP contribution in [-0.4, -0.2) is 35.1 Å². The van der Waals surface area contributed by atoms with Crippen molar-refractivity contribution in [1.82, 2.24) is 4.90 Å². The lowest BCUT2D eigenvalue weighted by atomic mass is 9.89. The zero-order chi connectivity index (χ0) is 12.5. The van der Waals surface area contributed by atoms with Crippen LogP contribution in [0.3, 0.4) is 0 Å². The second-order valence-corrected chi connectivity index (χ2v) is 5.68. The van der Waals surface area contributed by atoms with Gasteiger partial charge in [0.2, 0.25) is 11.8 Å². The van der Waals surface area contributed by atoms with Crippen molar-refractivity contribution in [2.45, 2.75) is 32.4 Å². The molecule has 1 fully saturated rings. The molecule has 2 N–H and O–H groups in total. The maximum atomic E-state index is 12.0.